The third kappa shape index (κ3) is 4.69. The highest BCUT2D eigenvalue weighted by atomic mass is 16.6. The summed E-state index contributed by atoms with van der Waals surface area (Å²) < 4.78 is 20.1. The standard InChI is InChI=1S/C25H44O4/c1-9-18(4)20(26)27-23-12-19-13-24(15-23,28-21(5,6)10-2)17-25(14-19,16-23)29-22(7,8)11-3/h18-19H,9-17H2,1-8H3. The van der Waals surface area contributed by atoms with E-state index in [-0.39, 0.29) is 34.3 Å². The molecule has 29 heavy (non-hydrogen) atoms. The van der Waals surface area contributed by atoms with Crippen LogP contribution in [-0.2, 0) is 19.0 Å². The second-order valence-electron chi connectivity index (χ2n) is 11.7. The zero-order valence-corrected chi connectivity index (χ0v) is 20.2. The largest absolute Gasteiger partial charge is 0.459 e. The predicted molar refractivity (Wildman–Crippen MR) is 116 cm³/mol. The summed E-state index contributed by atoms with van der Waals surface area (Å²) in [5.41, 5.74) is -1.31. The first-order valence-corrected chi connectivity index (χ1v) is 11.9. The normalized spacial score (nSPS) is 37.6. The highest BCUT2D eigenvalue weighted by Crippen LogP contribution is 2.64. The van der Waals surface area contributed by atoms with E-state index >= 15 is 0 Å². The summed E-state index contributed by atoms with van der Waals surface area (Å²) >= 11 is 0. The van der Waals surface area contributed by atoms with Gasteiger partial charge in [0.1, 0.15) is 5.60 Å². The van der Waals surface area contributed by atoms with Crippen molar-refractivity contribution in [1.82, 2.24) is 0 Å². The predicted octanol–water partition coefficient (Wildman–Crippen LogP) is 6.20. The Bertz CT molecular complexity index is 588. The Labute approximate surface area is 178 Å². The topological polar surface area (TPSA) is 44.8 Å². The van der Waals surface area contributed by atoms with Gasteiger partial charge in [0.15, 0.2) is 0 Å². The van der Waals surface area contributed by atoms with Crippen molar-refractivity contribution in [2.75, 3.05) is 0 Å². The molecule has 4 saturated carbocycles. The molecule has 0 heterocycles. The molecular formula is C25H44O4. The van der Waals surface area contributed by atoms with E-state index in [1.807, 2.05) is 13.8 Å². The molecule has 0 amide bonds. The summed E-state index contributed by atoms with van der Waals surface area (Å²) in [6.07, 6.45) is 8.40. The van der Waals surface area contributed by atoms with Crippen LogP contribution in [0.4, 0.5) is 0 Å². The summed E-state index contributed by atoms with van der Waals surface area (Å²) in [4.78, 5) is 12.8. The van der Waals surface area contributed by atoms with Crippen molar-refractivity contribution < 1.29 is 19.0 Å². The quantitative estimate of drug-likeness (QED) is 0.426. The number of ether oxygens (including phenoxy) is 3. The second-order valence-corrected chi connectivity index (χ2v) is 11.7. The molecule has 3 atom stereocenters. The Hall–Kier alpha value is -0.610. The Kier molecular flexibility index (Phi) is 5.97. The molecule has 0 aromatic carbocycles. The lowest BCUT2D eigenvalue weighted by molar-refractivity contribution is -0.318. The molecule has 168 valence electrons. The van der Waals surface area contributed by atoms with Gasteiger partial charge in [-0.3, -0.25) is 4.79 Å². The SMILES string of the molecule is CCC(C)C(=O)OC12CC3CC(OC(C)(C)CC)(C1)CC(OC(C)(C)CC)(C3)C2. The van der Waals surface area contributed by atoms with Gasteiger partial charge in [-0.15, -0.1) is 0 Å². The molecule has 4 aliphatic rings. The first-order valence-electron chi connectivity index (χ1n) is 11.9. The van der Waals surface area contributed by atoms with Gasteiger partial charge < -0.3 is 14.2 Å². The van der Waals surface area contributed by atoms with E-state index < -0.39 is 5.60 Å². The number of hydrogen-bond donors (Lipinski definition) is 0. The van der Waals surface area contributed by atoms with Crippen LogP contribution >= 0.6 is 0 Å². The fraction of sp³-hybridized carbons (Fsp3) is 0.960. The van der Waals surface area contributed by atoms with Crippen LogP contribution in [0.25, 0.3) is 0 Å². The molecule has 0 saturated heterocycles. The molecule has 4 aliphatic carbocycles. The van der Waals surface area contributed by atoms with Gasteiger partial charge in [-0.2, -0.15) is 0 Å². The second kappa shape index (κ2) is 7.51. The van der Waals surface area contributed by atoms with Crippen LogP contribution in [0.2, 0.25) is 0 Å². The minimum Gasteiger partial charge on any atom is -0.459 e. The number of hydrogen-bond acceptors (Lipinski definition) is 4. The van der Waals surface area contributed by atoms with Crippen molar-refractivity contribution in [2.24, 2.45) is 11.8 Å². The van der Waals surface area contributed by atoms with Crippen LogP contribution < -0.4 is 0 Å². The van der Waals surface area contributed by atoms with Gasteiger partial charge in [0, 0.05) is 19.3 Å². The Morgan fingerprint density at radius 1 is 0.862 bits per heavy atom. The van der Waals surface area contributed by atoms with Gasteiger partial charge >= 0.3 is 5.97 Å². The minimum absolute atomic E-state index is 0.0516. The fourth-order valence-electron chi connectivity index (χ4n) is 6.32. The monoisotopic (exact) mass is 408 g/mol. The van der Waals surface area contributed by atoms with Crippen LogP contribution in [0, 0.1) is 11.8 Å². The van der Waals surface area contributed by atoms with Crippen molar-refractivity contribution >= 4 is 5.97 Å². The Balaban J connectivity index is 1.96. The zero-order chi connectivity index (χ0) is 21.7. The van der Waals surface area contributed by atoms with Crippen molar-refractivity contribution in [3.63, 3.8) is 0 Å². The Morgan fingerprint density at radius 3 is 1.69 bits per heavy atom. The van der Waals surface area contributed by atoms with Crippen LogP contribution in [0.3, 0.4) is 0 Å². The van der Waals surface area contributed by atoms with Crippen molar-refractivity contribution in [2.45, 2.75) is 141 Å². The van der Waals surface area contributed by atoms with Crippen molar-refractivity contribution in [3.05, 3.63) is 0 Å². The molecule has 4 rings (SSSR count). The molecule has 4 bridgehead atoms. The van der Waals surface area contributed by atoms with Crippen LogP contribution in [0.1, 0.15) is 113 Å². The maximum absolute atomic E-state index is 12.8. The highest BCUT2D eigenvalue weighted by molar-refractivity contribution is 5.72. The van der Waals surface area contributed by atoms with Gasteiger partial charge in [0.25, 0.3) is 0 Å². The van der Waals surface area contributed by atoms with Gasteiger partial charge in [0.2, 0.25) is 0 Å². The van der Waals surface area contributed by atoms with Crippen molar-refractivity contribution in [1.29, 1.82) is 0 Å². The molecule has 0 aliphatic heterocycles. The lowest BCUT2D eigenvalue weighted by Gasteiger charge is -2.66. The molecule has 0 spiro atoms. The third-order valence-corrected chi connectivity index (χ3v) is 7.94. The van der Waals surface area contributed by atoms with Gasteiger partial charge in [0.05, 0.1) is 28.3 Å². The van der Waals surface area contributed by atoms with Crippen LogP contribution in [-0.4, -0.2) is 34.0 Å². The van der Waals surface area contributed by atoms with Gasteiger partial charge in [-0.05, 0) is 72.1 Å². The highest BCUT2D eigenvalue weighted by Gasteiger charge is 2.67. The average Bonchev–Trinajstić information content (AvgIpc) is 2.57. The number of carbonyl (C=O) groups is 1. The van der Waals surface area contributed by atoms with E-state index in [2.05, 4.69) is 41.5 Å². The number of rotatable bonds is 9. The molecular weight excluding hydrogens is 364 g/mol. The smallest absolute Gasteiger partial charge is 0.309 e. The summed E-state index contributed by atoms with van der Waals surface area (Å²) in [7, 11) is 0. The van der Waals surface area contributed by atoms with Gasteiger partial charge in [-0.1, -0.05) is 27.7 Å². The van der Waals surface area contributed by atoms with E-state index in [1.54, 1.807) is 0 Å². The summed E-state index contributed by atoms with van der Waals surface area (Å²) in [6.45, 7) is 17.1. The zero-order valence-electron chi connectivity index (χ0n) is 20.2. The molecule has 0 aromatic rings. The van der Waals surface area contributed by atoms with E-state index in [9.17, 15) is 4.79 Å². The van der Waals surface area contributed by atoms with Gasteiger partial charge in [-0.25, -0.2) is 0 Å². The number of carbonyl (C=O) groups excluding carboxylic acids is 1. The molecule has 0 N–H and O–H groups in total. The lowest BCUT2D eigenvalue weighted by atomic mass is 9.50. The van der Waals surface area contributed by atoms with E-state index in [4.69, 9.17) is 14.2 Å². The fourth-order valence-corrected chi connectivity index (χ4v) is 6.32. The number of esters is 1. The molecule has 3 unspecified atom stereocenters. The third-order valence-electron chi connectivity index (χ3n) is 7.94. The first kappa shape index (κ1) is 23.1. The lowest BCUT2D eigenvalue weighted by Crippen LogP contribution is -2.70. The maximum Gasteiger partial charge on any atom is 0.309 e. The molecule has 0 aromatic heterocycles. The average molecular weight is 409 g/mol. The minimum atomic E-state index is -0.437. The molecule has 0 radical (unpaired) electrons. The van der Waals surface area contributed by atoms with Crippen molar-refractivity contribution in [3.8, 4) is 0 Å². The molecule has 4 nitrogen and oxygen atoms in total. The summed E-state index contributed by atoms with van der Waals surface area (Å²) in [5.74, 6) is 0.386. The van der Waals surface area contributed by atoms with Crippen LogP contribution in [0.15, 0.2) is 0 Å². The van der Waals surface area contributed by atoms with E-state index in [0.717, 1.165) is 57.8 Å². The Morgan fingerprint density at radius 2 is 1.28 bits per heavy atom. The first-order chi connectivity index (χ1) is 13.3. The summed E-state index contributed by atoms with van der Waals surface area (Å²) in [5, 5.41) is 0. The van der Waals surface area contributed by atoms with Crippen LogP contribution in [0.5, 0.6) is 0 Å². The maximum atomic E-state index is 12.8. The summed E-state index contributed by atoms with van der Waals surface area (Å²) in [6, 6.07) is 0. The molecule has 4 heteroatoms. The van der Waals surface area contributed by atoms with E-state index in [1.165, 1.54) is 0 Å². The molecule has 4 fully saturated rings. The van der Waals surface area contributed by atoms with E-state index in [0.29, 0.717) is 5.92 Å².